The van der Waals surface area contributed by atoms with Gasteiger partial charge in [-0.15, -0.1) is 0 Å². The molecule has 0 fully saturated rings. The SMILES string of the molecule is CCCCCC1(CCCC)C(=O)Nc2ccccc21. The average Bonchev–Trinajstić information content (AvgIpc) is 2.70. The quantitative estimate of drug-likeness (QED) is 0.710. The largest absolute Gasteiger partial charge is 0.325 e. The Bertz CT molecular complexity index is 441. The molecule has 1 aromatic rings. The standard InChI is InChI=1S/C17H25NO/c1-3-5-9-13-17(12-6-4-2)14-10-7-8-11-15(14)18-16(17)19/h7-8,10-11H,3-6,9,12-13H2,1-2H3,(H,18,19). The van der Waals surface area contributed by atoms with E-state index in [1.54, 1.807) is 0 Å². The monoisotopic (exact) mass is 259 g/mol. The van der Waals surface area contributed by atoms with Gasteiger partial charge in [-0.3, -0.25) is 4.79 Å². The number of amides is 1. The number of unbranched alkanes of at least 4 members (excludes halogenated alkanes) is 3. The van der Waals surface area contributed by atoms with Crippen molar-refractivity contribution in [3.05, 3.63) is 29.8 Å². The van der Waals surface area contributed by atoms with Crippen LogP contribution in [-0.4, -0.2) is 5.91 Å². The van der Waals surface area contributed by atoms with Crippen LogP contribution in [0.5, 0.6) is 0 Å². The van der Waals surface area contributed by atoms with Crippen LogP contribution in [0.25, 0.3) is 0 Å². The highest BCUT2D eigenvalue weighted by Gasteiger charge is 2.45. The third kappa shape index (κ3) is 2.68. The summed E-state index contributed by atoms with van der Waals surface area (Å²) in [7, 11) is 0. The summed E-state index contributed by atoms with van der Waals surface area (Å²) in [5.41, 5.74) is 1.99. The summed E-state index contributed by atoms with van der Waals surface area (Å²) in [4.78, 5) is 12.5. The van der Waals surface area contributed by atoms with Gasteiger partial charge in [0.05, 0.1) is 5.41 Å². The Morgan fingerprint density at radius 3 is 2.42 bits per heavy atom. The van der Waals surface area contributed by atoms with Crippen LogP contribution in [0, 0.1) is 0 Å². The highest BCUT2D eigenvalue weighted by molar-refractivity contribution is 6.06. The van der Waals surface area contributed by atoms with E-state index in [4.69, 9.17) is 0 Å². The minimum atomic E-state index is -0.262. The Morgan fingerprint density at radius 2 is 1.68 bits per heavy atom. The molecule has 0 spiro atoms. The van der Waals surface area contributed by atoms with Crippen molar-refractivity contribution in [1.29, 1.82) is 0 Å². The van der Waals surface area contributed by atoms with Gasteiger partial charge >= 0.3 is 0 Å². The van der Waals surface area contributed by atoms with Crippen LogP contribution < -0.4 is 5.32 Å². The number of carbonyl (C=O) groups is 1. The van der Waals surface area contributed by atoms with E-state index >= 15 is 0 Å². The summed E-state index contributed by atoms with van der Waals surface area (Å²) >= 11 is 0. The number of fused-ring (bicyclic) bond motifs is 1. The van der Waals surface area contributed by atoms with Gasteiger partial charge in [-0.25, -0.2) is 0 Å². The molecule has 19 heavy (non-hydrogen) atoms. The van der Waals surface area contributed by atoms with Gasteiger partial charge in [0.2, 0.25) is 5.91 Å². The number of benzene rings is 1. The number of nitrogens with one attached hydrogen (secondary N) is 1. The molecular formula is C17H25NO. The lowest BCUT2D eigenvalue weighted by Gasteiger charge is -2.27. The van der Waals surface area contributed by atoms with E-state index in [1.807, 2.05) is 12.1 Å². The summed E-state index contributed by atoms with van der Waals surface area (Å²) < 4.78 is 0. The summed E-state index contributed by atoms with van der Waals surface area (Å²) in [5.74, 6) is 0.221. The molecule has 2 rings (SSSR count). The molecule has 1 unspecified atom stereocenters. The Balaban J connectivity index is 2.28. The van der Waals surface area contributed by atoms with E-state index in [0.29, 0.717) is 0 Å². The van der Waals surface area contributed by atoms with Crippen LogP contribution in [0.15, 0.2) is 24.3 Å². The third-order valence-corrected chi connectivity index (χ3v) is 4.29. The van der Waals surface area contributed by atoms with Gasteiger partial charge in [0.1, 0.15) is 0 Å². The molecule has 2 nitrogen and oxygen atoms in total. The molecule has 1 atom stereocenters. The Morgan fingerprint density at radius 1 is 1.00 bits per heavy atom. The van der Waals surface area contributed by atoms with Gasteiger partial charge in [-0.05, 0) is 24.5 Å². The maximum atomic E-state index is 12.5. The van der Waals surface area contributed by atoms with Gasteiger partial charge < -0.3 is 5.32 Å². The van der Waals surface area contributed by atoms with Crippen LogP contribution in [0.2, 0.25) is 0 Å². The number of rotatable bonds is 7. The number of hydrogen-bond acceptors (Lipinski definition) is 1. The molecule has 1 aliphatic heterocycles. The van der Waals surface area contributed by atoms with Crippen molar-refractivity contribution in [2.75, 3.05) is 5.32 Å². The highest BCUT2D eigenvalue weighted by atomic mass is 16.2. The maximum absolute atomic E-state index is 12.5. The molecule has 0 saturated carbocycles. The van der Waals surface area contributed by atoms with E-state index < -0.39 is 0 Å². The lowest BCUT2D eigenvalue weighted by Crippen LogP contribution is -2.34. The zero-order valence-electron chi connectivity index (χ0n) is 12.2. The lowest BCUT2D eigenvalue weighted by molar-refractivity contribution is -0.121. The van der Waals surface area contributed by atoms with E-state index in [1.165, 1.54) is 18.4 Å². The highest BCUT2D eigenvalue weighted by Crippen LogP contribution is 2.44. The Hall–Kier alpha value is -1.31. The van der Waals surface area contributed by atoms with E-state index in [9.17, 15) is 4.79 Å². The molecule has 0 aliphatic carbocycles. The molecule has 1 amide bonds. The second-order valence-electron chi connectivity index (χ2n) is 5.64. The van der Waals surface area contributed by atoms with Gasteiger partial charge in [0.25, 0.3) is 0 Å². The van der Waals surface area contributed by atoms with E-state index in [2.05, 4.69) is 31.3 Å². The van der Waals surface area contributed by atoms with Crippen molar-refractivity contribution in [2.45, 2.75) is 64.2 Å². The summed E-state index contributed by atoms with van der Waals surface area (Å²) in [5, 5.41) is 3.09. The third-order valence-electron chi connectivity index (χ3n) is 4.29. The summed E-state index contributed by atoms with van der Waals surface area (Å²) in [6.45, 7) is 4.40. The molecule has 2 heteroatoms. The lowest BCUT2D eigenvalue weighted by atomic mass is 9.73. The first-order valence-electron chi connectivity index (χ1n) is 7.65. The van der Waals surface area contributed by atoms with Gasteiger partial charge in [-0.1, -0.05) is 64.2 Å². The van der Waals surface area contributed by atoms with Gasteiger partial charge in [-0.2, -0.15) is 0 Å². The van der Waals surface area contributed by atoms with Crippen molar-refractivity contribution in [2.24, 2.45) is 0 Å². The van der Waals surface area contributed by atoms with Crippen LogP contribution >= 0.6 is 0 Å². The zero-order chi connectivity index (χ0) is 13.7. The van der Waals surface area contributed by atoms with Crippen LogP contribution in [0.1, 0.15) is 64.4 Å². The minimum Gasteiger partial charge on any atom is -0.325 e. The first-order chi connectivity index (χ1) is 9.24. The fraction of sp³-hybridized carbons (Fsp3) is 0.588. The fourth-order valence-corrected chi connectivity index (χ4v) is 3.15. The van der Waals surface area contributed by atoms with Crippen LogP contribution in [-0.2, 0) is 10.2 Å². The fourth-order valence-electron chi connectivity index (χ4n) is 3.15. The predicted octanol–water partition coefficient (Wildman–Crippen LogP) is 4.65. The second kappa shape index (κ2) is 6.23. The second-order valence-corrected chi connectivity index (χ2v) is 5.64. The van der Waals surface area contributed by atoms with Crippen molar-refractivity contribution in [3.63, 3.8) is 0 Å². The minimum absolute atomic E-state index is 0.221. The molecule has 0 bridgehead atoms. The normalized spacial score (nSPS) is 21.3. The van der Waals surface area contributed by atoms with E-state index in [0.717, 1.165) is 37.8 Å². The Labute approximate surface area is 116 Å². The Kier molecular flexibility index (Phi) is 4.62. The number of hydrogen-bond donors (Lipinski definition) is 1. The first-order valence-corrected chi connectivity index (χ1v) is 7.65. The molecule has 1 heterocycles. The molecule has 0 radical (unpaired) electrons. The molecule has 0 aromatic heterocycles. The molecular weight excluding hydrogens is 234 g/mol. The van der Waals surface area contributed by atoms with Gasteiger partial charge in [0.15, 0.2) is 0 Å². The molecule has 1 aliphatic rings. The van der Waals surface area contributed by atoms with Crippen LogP contribution in [0.3, 0.4) is 0 Å². The van der Waals surface area contributed by atoms with Crippen LogP contribution in [0.4, 0.5) is 5.69 Å². The van der Waals surface area contributed by atoms with Crippen molar-refractivity contribution in [3.8, 4) is 0 Å². The zero-order valence-corrected chi connectivity index (χ0v) is 12.2. The molecule has 0 saturated heterocycles. The van der Waals surface area contributed by atoms with Gasteiger partial charge in [0, 0.05) is 5.69 Å². The predicted molar refractivity (Wildman–Crippen MR) is 80.4 cm³/mol. The number of para-hydroxylation sites is 1. The number of carbonyl (C=O) groups excluding carboxylic acids is 1. The van der Waals surface area contributed by atoms with Crippen molar-refractivity contribution >= 4 is 11.6 Å². The maximum Gasteiger partial charge on any atom is 0.235 e. The first kappa shape index (κ1) is 14.1. The summed E-state index contributed by atoms with van der Waals surface area (Å²) in [6, 6.07) is 8.22. The van der Waals surface area contributed by atoms with Crippen molar-refractivity contribution < 1.29 is 4.79 Å². The number of anilines is 1. The average molecular weight is 259 g/mol. The smallest absolute Gasteiger partial charge is 0.235 e. The van der Waals surface area contributed by atoms with E-state index in [-0.39, 0.29) is 11.3 Å². The topological polar surface area (TPSA) is 29.1 Å². The molecule has 104 valence electrons. The molecule has 1 aromatic carbocycles. The molecule has 1 N–H and O–H groups in total. The summed E-state index contributed by atoms with van der Waals surface area (Å²) in [6.07, 6.45) is 7.79. The van der Waals surface area contributed by atoms with Crippen molar-refractivity contribution in [1.82, 2.24) is 0 Å².